The maximum Gasteiger partial charge on any atom is 0.140 e. The summed E-state index contributed by atoms with van der Waals surface area (Å²) in [5, 5.41) is 20.4. The summed E-state index contributed by atoms with van der Waals surface area (Å²) in [6.45, 7) is 0. The summed E-state index contributed by atoms with van der Waals surface area (Å²) in [6, 6.07) is 16.5. The van der Waals surface area contributed by atoms with E-state index in [-0.39, 0.29) is 5.75 Å². The van der Waals surface area contributed by atoms with Gasteiger partial charge in [0, 0.05) is 24.3 Å². The van der Waals surface area contributed by atoms with E-state index in [1.54, 1.807) is 30.5 Å². The number of hydrogen-bond acceptors (Lipinski definition) is 4. The van der Waals surface area contributed by atoms with Gasteiger partial charge < -0.3 is 10.0 Å². The van der Waals surface area contributed by atoms with Gasteiger partial charge in [0.2, 0.25) is 0 Å². The normalized spacial score (nSPS) is 10.3. The Morgan fingerprint density at radius 3 is 2.57 bits per heavy atom. The zero-order valence-electron chi connectivity index (χ0n) is 11.5. The first-order valence-corrected chi connectivity index (χ1v) is 6.50. The van der Waals surface area contributed by atoms with Crippen LogP contribution < -0.4 is 4.90 Å². The van der Waals surface area contributed by atoms with E-state index >= 15 is 0 Å². The SMILES string of the molecule is CN(c1ccc(C#N)cc1)c1nccc2ccc(O)cc12. The molecule has 0 aliphatic rings. The highest BCUT2D eigenvalue weighted by Gasteiger charge is 2.10. The van der Waals surface area contributed by atoms with Gasteiger partial charge in [-0.25, -0.2) is 4.98 Å². The van der Waals surface area contributed by atoms with Crippen molar-refractivity contribution in [3.05, 3.63) is 60.3 Å². The number of benzene rings is 2. The predicted octanol–water partition coefficient (Wildman–Crippen LogP) is 3.58. The maximum absolute atomic E-state index is 9.69. The molecule has 3 rings (SSSR count). The topological polar surface area (TPSA) is 60.2 Å². The molecule has 0 fully saturated rings. The van der Waals surface area contributed by atoms with Crippen LogP contribution in [-0.4, -0.2) is 17.1 Å². The molecule has 0 saturated heterocycles. The highest BCUT2D eigenvalue weighted by Crippen LogP contribution is 2.31. The second kappa shape index (κ2) is 5.14. The van der Waals surface area contributed by atoms with Gasteiger partial charge in [-0.2, -0.15) is 5.26 Å². The van der Waals surface area contributed by atoms with Crippen LogP contribution in [0, 0.1) is 11.3 Å². The summed E-state index contributed by atoms with van der Waals surface area (Å²) >= 11 is 0. The average molecular weight is 275 g/mol. The van der Waals surface area contributed by atoms with Gasteiger partial charge in [0.25, 0.3) is 0 Å². The number of phenols is 1. The van der Waals surface area contributed by atoms with Crippen molar-refractivity contribution in [3.8, 4) is 11.8 Å². The molecule has 0 saturated carbocycles. The quantitative estimate of drug-likeness (QED) is 0.776. The molecule has 21 heavy (non-hydrogen) atoms. The molecule has 1 N–H and O–H groups in total. The van der Waals surface area contributed by atoms with E-state index in [0.717, 1.165) is 22.3 Å². The van der Waals surface area contributed by atoms with Gasteiger partial charge in [-0.3, -0.25) is 0 Å². The van der Waals surface area contributed by atoms with Crippen LogP contribution in [0.4, 0.5) is 11.5 Å². The van der Waals surface area contributed by atoms with Crippen LogP contribution in [0.25, 0.3) is 10.8 Å². The number of pyridine rings is 1. The van der Waals surface area contributed by atoms with Crippen molar-refractivity contribution in [2.75, 3.05) is 11.9 Å². The molecule has 0 radical (unpaired) electrons. The summed E-state index contributed by atoms with van der Waals surface area (Å²) in [4.78, 5) is 6.35. The Balaban J connectivity index is 2.10. The fourth-order valence-corrected chi connectivity index (χ4v) is 2.29. The lowest BCUT2D eigenvalue weighted by Gasteiger charge is -2.20. The number of nitriles is 1. The smallest absolute Gasteiger partial charge is 0.140 e. The highest BCUT2D eigenvalue weighted by atomic mass is 16.3. The van der Waals surface area contributed by atoms with E-state index in [0.29, 0.717) is 5.56 Å². The van der Waals surface area contributed by atoms with Crippen LogP contribution in [0.5, 0.6) is 5.75 Å². The van der Waals surface area contributed by atoms with Crippen LogP contribution in [0.3, 0.4) is 0 Å². The summed E-state index contributed by atoms with van der Waals surface area (Å²) in [5.74, 6) is 0.970. The van der Waals surface area contributed by atoms with E-state index in [1.165, 1.54) is 0 Å². The van der Waals surface area contributed by atoms with Gasteiger partial charge in [-0.15, -0.1) is 0 Å². The van der Waals surface area contributed by atoms with Crippen molar-refractivity contribution in [1.82, 2.24) is 4.98 Å². The van der Waals surface area contributed by atoms with Crippen molar-refractivity contribution >= 4 is 22.3 Å². The molecular weight excluding hydrogens is 262 g/mol. The van der Waals surface area contributed by atoms with Crippen LogP contribution >= 0.6 is 0 Å². The monoisotopic (exact) mass is 275 g/mol. The molecule has 1 heterocycles. The Kier molecular flexibility index (Phi) is 3.17. The number of fused-ring (bicyclic) bond motifs is 1. The van der Waals surface area contributed by atoms with Crippen molar-refractivity contribution in [2.24, 2.45) is 0 Å². The molecule has 0 aliphatic carbocycles. The number of rotatable bonds is 2. The molecular formula is C17H13N3O. The van der Waals surface area contributed by atoms with Crippen LogP contribution in [0.1, 0.15) is 5.56 Å². The van der Waals surface area contributed by atoms with Crippen molar-refractivity contribution < 1.29 is 5.11 Å². The lowest BCUT2D eigenvalue weighted by Crippen LogP contribution is -2.11. The van der Waals surface area contributed by atoms with E-state index in [1.807, 2.05) is 36.2 Å². The largest absolute Gasteiger partial charge is 0.508 e. The van der Waals surface area contributed by atoms with E-state index in [2.05, 4.69) is 11.1 Å². The highest BCUT2D eigenvalue weighted by molar-refractivity contribution is 5.94. The van der Waals surface area contributed by atoms with E-state index in [9.17, 15) is 5.11 Å². The lowest BCUT2D eigenvalue weighted by molar-refractivity contribution is 0.476. The Morgan fingerprint density at radius 2 is 1.86 bits per heavy atom. The number of hydrogen-bond donors (Lipinski definition) is 1. The third-order valence-corrected chi connectivity index (χ3v) is 3.43. The molecule has 0 amide bonds. The third-order valence-electron chi connectivity index (χ3n) is 3.43. The molecule has 1 aromatic heterocycles. The second-order valence-corrected chi connectivity index (χ2v) is 4.76. The van der Waals surface area contributed by atoms with Gasteiger partial charge >= 0.3 is 0 Å². The van der Waals surface area contributed by atoms with Gasteiger partial charge in [0.15, 0.2) is 0 Å². The van der Waals surface area contributed by atoms with Crippen LogP contribution in [0.2, 0.25) is 0 Å². The van der Waals surface area contributed by atoms with Crippen LogP contribution in [0.15, 0.2) is 54.7 Å². The lowest BCUT2D eigenvalue weighted by atomic mass is 10.1. The number of phenolic OH excluding ortho intramolecular Hbond substituents is 1. The second-order valence-electron chi connectivity index (χ2n) is 4.76. The minimum absolute atomic E-state index is 0.213. The van der Waals surface area contributed by atoms with Crippen molar-refractivity contribution in [3.63, 3.8) is 0 Å². The first-order chi connectivity index (χ1) is 10.2. The van der Waals surface area contributed by atoms with Crippen molar-refractivity contribution in [2.45, 2.75) is 0 Å². The number of aromatic hydroxyl groups is 1. The molecule has 0 unspecified atom stereocenters. The zero-order valence-corrected chi connectivity index (χ0v) is 11.5. The number of nitrogens with zero attached hydrogens (tertiary/aromatic N) is 3. The molecule has 0 bridgehead atoms. The standard InChI is InChI=1S/C17H13N3O/c1-20(14-5-2-12(11-18)3-6-14)17-16-10-15(21)7-4-13(16)8-9-19-17/h2-10,21H,1H3. The summed E-state index contributed by atoms with van der Waals surface area (Å²) < 4.78 is 0. The molecule has 3 aromatic rings. The first kappa shape index (κ1) is 12.9. The Hall–Kier alpha value is -3.06. The number of anilines is 2. The third kappa shape index (κ3) is 2.37. The minimum atomic E-state index is 0.213. The molecule has 4 heteroatoms. The summed E-state index contributed by atoms with van der Waals surface area (Å²) in [6.07, 6.45) is 1.74. The Morgan fingerprint density at radius 1 is 1.10 bits per heavy atom. The Labute approximate surface area is 122 Å². The van der Waals surface area contributed by atoms with E-state index < -0.39 is 0 Å². The molecule has 0 atom stereocenters. The Bertz CT molecular complexity index is 835. The van der Waals surface area contributed by atoms with Gasteiger partial charge in [0.1, 0.15) is 11.6 Å². The maximum atomic E-state index is 9.69. The number of aromatic nitrogens is 1. The predicted molar refractivity (Wildman–Crippen MR) is 82.6 cm³/mol. The molecule has 4 nitrogen and oxygen atoms in total. The van der Waals surface area contributed by atoms with Gasteiger partial charge in [0.05, 0.1) is 11.6 Å². The molecule has 102 valence electrons. The van der Waals surface area contributed by atoms with Crippen molar-refractivity contribution in [1.29, 1.82) is 5.26 Å². The van der Waals surface area contributed by atoms with Crippen LogP contribution in [-0.2, 0) is 0 Å². The molecule has 0 aliphatic heterocycles. The first-order valence-electron chi connectivity index (χ1n) is 6.50. The summed E-state index contributed by atoms with van der Waals surface area (Å²) in [5.41, 5.74) is 1.55. The summed E-state index contributed by atoms with van der Waals surface area (Å²) in [7, 11) is 1.91. The minimum Gasteiger partial charge on any atom is -0.508 e. The average Bonchev–Trinajstić information content (AvgIpc) is 2.53. The molecule has 2 aromatic carbocycles. The van der Waals surface area contributed by atoms with Gasteiger partial charge in [-0.1, -0.05) is 6.07 Å². The fraction of sp³-hybridized carbons (Fsp3) is 0.0588. The van der Waals surface area contributed by atoms with Gasteiger partial charge in [-0.05, 0) is 47.9 Å². The fourth-order valence-electron chi connectivity index (χ4n) is 2.29. The van der Waals surface area contributed by atoms with E-state index in [4.69, 9.17) is 5.26 Å². The zero-order chi connectivity index (χ0) is 14.8. The molecule has 0 spiro atoms.